The zero-order chi connectivity index (χ0) is 11.7. The van der Waals surface area contributed by atoms with Crippen molar-refractivity contribution < 1.29 is 0 Å². The molecule has 17 heavy (non-hydrogen) atoms. The minimum Gasteiger partial charge on any atom is -0.383 e. The Morgan fingerprint density at radius 3 is 2.65 bits per heavy atom. The number of anilines is 1. The Bertz CT molecular complexity index is 665. The van der Waals surface area contributed by atoms with Crippen LogP contribution in [-0.4, -0.2) is 15.0 Å². The van der Waals surface area contributed by atoms with Crippen molar-refractivity contribution in [2.24, 2.45) is 0 Å². The monoisotopic (exact) mass is 222 g/mol. The van der Waals surface area contributed by atoms with Gasteiger partial charge in [-0.2, -0.15) is 0 Å². The maximum atomic E-state index is 5.93. The summed E-state index contributed by atoms with van der Waals surface area (Å²) in [5.74, 6) is 0.502. The van der Waals surface area contributed by atoms with Gasteiger partial charge < -0.3 is 5.73 Å². The molecule has 0 saturated heterocycles. The Balaban J connectivity index is 2.26. The topological polar surface area (TPSA) is 64.7 Å². The predicted molar refractivity (Wildman–Crippen MR) is 67.2 cm³/mol. The van der Waals surface area contributed by atoms with Gasteiger partial charge in [0.15, 0.2) is 0 Å². The fraction of sp³-hybridized carbons (Fsp3) is 0. The number of nitrogen functional groups attached to an aromatic ring is 1. The summed E-state index contributed by atoms with van der Waals surface area (Å²) in [6, 6.07) is 9.50. The zero-order valence-electron chi connectivity index (χ0n) is 9.04. The van der Waals surface area contributed by atoms with E-state index in [9.17, 15) is 0 Å². The molecule has 0 unspecified atom stereocenters. The van der Waals surface area contributed by atoms with Gasteiger partial charge >= 0.3 is 0 Å². The summed E-state index contributed by atoms with van der Waals surface area (Å²) in [4.78, 5) is 12.7. The van der Waals surface area contributed by atoms with Crippen molar-refractivity contribution in [1.82, 2.24) is 15.0 Å². The van der Waals surface area contributed by atoms with Crippen LogP contribution in [0.4, 0.5) is 5.82 Å². The van der Waals surface area contributed by atoms with Crippen LogP contribution in [0.15, 0.2) is 48.9 Å². The van der Waals surface area contributed by atoms with Crippen LogP contribution in [0.25, 0.3) is 22.2 Å². The summed E-state index contributed by atoms with van der Waals surface area (Å²) in [5, 5.41) is 0.880. The van der Waals surface area contributed by atoms with E-state index in [1.165, 1.54) is 0 Å². The highest BCUT2D eigenvalue weighted by atomic mass is 14.9. The third-order valence-corrected chi connectivity index (χ3v) is 2.60. The first-order chi connectivity index (χ1) is 8.34. The van der Waals surface area contributed by atoms with E-state index in [-0.39, 0.29) is 0 Å². The molecule has 0 atom stereocenters. The summed E-state index contributed by atoms with van der Waals surface area (Å²) in [6.07, 6.45) is 5.21. The van der Waals surface area contributed by atoms with Gasteiger partial charge in [-0.05, 0) is 30.3 Å². The van der Waals surface area contributed by atoms with E-state index < -0.39 is 0 Å². The average molecular weight is 222 g/mol. The minimum absolute atomic E-state index is 0.502. The quantitative estimate of drug-likeness (QED) is 0.686. The van der Waals surface area contributed by atoms with Crippen LogP contribution in [0.3, 0.4) is 0 Å². The second kappa shape index (κ2) is 3.83. The maximum Gasteiger partial charge on any atom is 0.133 e. The van der Waals surface area contributed by atoms with Gasteiger partial charge in [-0.1, -0.05) is 0 Å². The molecule has 0 saturated carbocycles. The molecule has 0 aliphatic carbocycles. The van der Waals surface area contributed by atoms with Crippen molar-refractivity contribution >= 4 is 16.7 Å². The predicted octanol–water partition coefficient (Wildman–Crippen LogP) is 2.27. The second-order valence-corrected chi connectivity index (χ2v) is 3.70. The molecule has 0 radical (unpaired) electrons. The van der Waals surface area contributed by atoms with E-state index in [0.717, 1.165) is 22.2 Å². The van der Waals surface area contributed by atoms with Crippen LogP contribution in [-0.2, 0) is 0 Å². The summed E-state index contributed by atoms with van der Waals surface area (Å²) in [5.41, 5.74) is 8.58. The number of rotatable bonds is 1. The molecule has 0 fully saturated rings. The molecule has 0 aliphatic rings. The fourth-order valence-electron chi connectivity index (χ4n) is 1.77. The van der Waals surface area contributed by atoms with Gasteiger partial charge in [-0.3, -0.25) is 9.97 Å². The third-order valence-electron chi connectivity index (χ3n) is 2.60. The molecule has 3 heterocycles. The molecule has 4 nitrogen and oxygen atoms in total. The first-order valence-electron chi connectivity index (χ1n) is 5.26. The number of nitrogens with zero attached hydrogens (tertiary/aromatic N) is 3. The van der Waals surface area contributed by atoms with Crippen molar-refractivity contribution in [3.05, 3.63) is 48.9 Å². The molecular formula is C13H10N4. The van der Waals surface area contributed by atoms with Gasteiger partial charge in [0.1, 0.15) is 5.82 Å². The first-order valence-corrected chi connectivity index (χ1v) is 5.26. The van der Waals surface area contributed by atoms with Gasteiger partial charge in [-0.25, -0.2) is 4.98 Å². The van der Waals surface area contributed by atoms with Crippen molar-refractivity contribution in [1.29, 1.82) is 0 Å². The van der Waals surface area contributed by atoms with Gasteiger partial charge in [0, 0.05) is 29.5 Å². The Labute approximate surface area is 98.2 Å². The molecule has 0 amide bonds. The minimum atomic E-state index is 0.502. The molecule has 4 heteroatoms. The average Bonchev–Trinajstić information content (AvgIpc) is 2.40. The van der Waals surface area contributed by atoms with Crippen LogP contribution in [0.2, 0.25) is 0 Å². The third kappa shape index (κ3) is 1.69. The Hall–Kier alpha value is -2.49. The van der Waals surface area contributed by atoms with Crippen molar-refractivity contribution in [2.75, 3.05) is 5.73 Å². The largest absolute Gasteiger partial charge is 0.383 e. The molecule has 0 spiro atoms. The summed E-state index contributed by atoms with van der Waals surface area (Å²) < 4.78 is 0. The van der Waals surface area contributed by atoms with E-state index in [2.05, 4.69) is 15.0 Å². The highest BCUT2D eigenvalue weighted by Gasteiger charge is 2.05. The van der Waals surface area contributed by atoms with Gasteiger partial charge in [-0.15, -0.1) is 0 Å². The number of pyridine rings is 3. The van der Waals surface area contributed by atoms with Crippen LogP contribution in [0.1, 0.15) is 0 Å². The molecular weight excluding hydrogens is 212 g/mol. The Morgan fingerprint density at radius 1 is 1.00 bits per heavy atom. The smallest absolute Gasteiger partial charge is 0.133 e. The maximum absolute atomic E-state index is 5.93. The lowest BCUT2D eigenvalue weighted by Crippen LogP contribution is -1.95. The van der Waals surface area contributed by atoms with Gasteiger partial charge in [0.05, 0.1) is 11.2 Å². The molecule has 0 aliphatic heterocycles. The second-order valence-electron chi connectivity index (χ2n) is 3.70. The molecule has 0 aromatic carbocycles. The van der Waals surface area contributed by atoms with Crippen LogP contribution in [0, 0.1) is 0 Å². The SMILES string of the molecule is Nc1nc(-c2ccncc2)cc2ncccc12. The number of hydrogen-bond acceptors (Lipinski definition) is 4. The zero-order valence-corrected chi connectivity index (χ0v) is 9.04. The first kappa shape index (κ1) is 9.72. The lowest BCUT2D eigenvalue weighted by Gasteiger charge is -2.05. The standard InChI is InChI=1S/C13H10N4/c14-13-10-2-1-5-16-12(10)8-11(17-13)9-3-6-15-7-4-9/h1-8H,(H2,14,17). The number of nitrogens with two attached hydrogens (primary N) is 1. The van der Waals surface area contributed by atoms with E-state index in [4.69, 9.17) is 5.73 Å². The Morgan fingerprint density at radius 2 is 1.82 bits per heavy atom. The normalized spacial score (nSPS) is 10.6. The number of aromatic nitrogens is 3. The summed E-state index contributed by atoms with van der Waals surface area (Å²) in [6.45, 7) is 0. The highest BCUT2D eigenvalue weighted by molar-refractivity contribution is 5.90. The van der Waals surface area contributed by atoms with E-state index >= 15 is 0 Å². The molecule has 3 aromatic rings. The van der Waals surface area contributed by atoms with Gasteiger partial charge in [0.25, 0.3) is 0 Å². The lowest BCUT2D eigenvalue weighted by molar-refractivity contribution is 1.29. The van der Waals surface area contributed by atoms with Crippen molar-refractivity contribution in [2.45, 2.75) is 0 Å². The summed E-state index contributed by atoms with van der Waals surface area (Å²) >= 11 is 0. The van der Waals surface area contributed by atoms with E-state index in [0.29, 0.717) is 5.82 Å². The molecule has 0 bridgehead atoms. The van der Waals surface area contributed by atoms with Crippen LogP contribution < -0.4 is 5.73 Å². The van der Waals surface area contributed by atoms with Gasteiger partial charge in [0.2, 0.25) is 0 Å². The summed E-state index contributed by atoms with van der Waals surface area (Å²) in [7, 11) is 0. The van der Waals surface area contributed by atoms with E-state index in [1.807, 2.05) is 30.3 Å². The molecule has 82 valence electrons. The number of hydrogen-bond donors (Lipinski definition) is 1. The Kier molecular flexibility index (Phi) is 2.19. The van der Waals surface area contributed by atoms with E-state index in [1.54, 1.807) is 18.6 Å². The molecule has 3 rings (SSSR count). The van der Waals surface area contributed by atoms with Crippen LogP contribution >= 0.6 is 0 Å². The number of fused-ring (bicyclic) bond motifs is 1. The lowest BCUT2D eigenvalue weighted by atomic mass is 10.1. The highest BCUT2D eigenvalue weighted by Crippen LogP contribution is 2.24. The molecule has 2 N–H and O–H groups in total. The van der Waals surface area contributed by atoms with Crippen molar-refractivity contribution in [3.63, 3.8) is 0 Å². The fourth-order valence-corrected chi connectivity index (χ4v) is 1.77. The van der Waals surface area contributed by atoms with Crippen molar-refractivity contribution in [3.8, 4) is 11.3 Å². The molecule has 3 aromatic heterocycles. The van der Waals surface area contributed by atoms with Crippen LogP contribution in [0.5, 0.6) is 0 Å².